The van der Waals surface area contributed by atoms with Crippen LogP contribution in [0.25, 0.3) is 0 Å². The zero-order valence-corrected chi connectivity index (χ0v) is 11.4. The summed E-state index contributed by atoms with van der Waals surface area (Å²) >= 11 is 0. The summed E-state index contributed by atoms with van der Waals surface area (Å²) in [6.45, 7) is 4.00. The molecule has 0 aromatic rings. The van der Waals surface area contributed by atoms with Crippen LogP contribution in [0.15, 0.2) is 34.9 Å². The maximum Gasteiger partial charge on any atom is 0.286 e. The zero-order valence-electron chi connectivity index (χ0n) is 11.4. The Kier molecular flexibility index (Phi) is 9.57. The van der Waals surface area contributed by atoms with Gasteiger partial charge in [-0.15, -0.1) is 0 Å². The molecule has 0 radical (unpaired) electrons. The van der Waals surface area contributed by atoms with E-state index >= 15 is 0 Å². The molecule has 0 heterocycles. The second-order valence-corrected chi connectivity index (χ2v) is 3.71. The number of hydrogen-bond donors (Lipinski definition) is 0. The Balaban J connectivity index is 4.99. The first-order chi connectivity index (χ1) is 9.67. The fourth-order valence-electron chi connectivity index (χ4n) is 1.31. The standard InChI is InChI=1S/C14H15N3O3/c1-3-13(7-19-10-16)5-14(8-20-11-17)4-12(2)6-18-9-15/h3-5H,6-8H2,1-2H3/b12-4+,13-3-,14-5+. The first kappa shape index (κ1) is 17.1. The SMILES string of the molecule is C/C=C(/C=C(\C=C(/C)COC#N)COC#N)COC#N. The summed E-state index contributed by atoms with van der Waals surface area (Å²) in [4.78, 5) is 0. The molecule has 0 aliphatic rings. The van der Waals surface area contributed by atoms with Crippen molar-refractivity contribution in [3.63, 3.8) is 0 Å². The third-order valence-electron chi connectivity index (χ3n) is 2.14. The molecular weight excluding hydrogens is 258 g/mol. The molecule has 0 unspecified atom stereocenters. The first-order valence-corrected chi connectivity index (χ1v) is 5.73. The van der Waals surface area contributed by atoms with Gasteiger partial charge in [-0.3, -0.25) is 0 Å². The molecule has 0 amide bonds. The van der Waals surface area contributed by atoms with Crippen LogP contribution in [0.5, 0.6) is 0 Å². The van der Waals surface area contributed by atoms with Crippen LogP contribution in [-0.4, -0.2) is 19.8 Å². The summed E-state index contributed by atoms with van der Waals surface area (Å²) in [5, 5.41) is 25.2. The van der Waals surface area contributed by atoms with E-state index in [4.69, 9.17) is 20.5 Å². The summed E-state index contributed by atoms with van der Waals surface area (Å²) in [7, 11) is 0. The van der Waals surface area contributed by atoms with Crippen molar-refractivity contribution in [3.8, 4) is 18.8 Å². The third kappa shape index (κ3) is 8.22. The summed E-state index contributed by atoms with van der Waals surface area (Å²) in [5.74, 6) is 0. The van der Waals surface area contributed by atoms with Gasteiger partial charge in [0.2, 0.25) is 0 Å². The molecule has 0 atom stereocenters. The van der Waals surface area contributed by atoms with Gasteiger partial charge in [0, 0.05) is 0 Å². The number of allylic oxidation sites excluding steroid dienone is 1. The second-order valence-electron chi connectivity index (χ2n) is 3.71. The minimum atomic E-state index is 0.0876. The molecule has 0 aromatic heterocycles. The van der Waals surface area contributed by atoms with Gasteiger partial charge in [0.1, 0.15) is 19.8 Å². The monoisotopic (exact) mass is 273 g/mol. The maximum absolute atomic E-state index is 8.45. The van der Waals surface area contributed by atoms with Gasteiger partial charge in [0.15, 0.2) is 0 Å². The third-order valence-corrected chi connectivity index (χ3v) is 2.14. The molecule has 0 bridgehead atoms. The molecule has 0 fully saturated rings. The van der Waals surface area contributed by atoms with E-state index in [0.717, 1.165) is 11.1 Å². The highest BCUT2D eigenvalue weighted by Crippen LogP contribution is 2.09. The summed E-state index contributed by atoms with van der Waals surface area (Å²) in [6, 6.07) is 0. The van der Waals surface area contributed by atoms with Crippen molar-refractivity contribution < 1.29 is 14.2 Å². The summed E-state index contributed by atoms with van der Waals surface area (Å²) in [5.41, 5.74) is 2.28. The average molecular weight is 273 g/mol. The Hall–Kier alpha value is -2.91. The molecule has 0 rings (SSSR count). The van der Waals surface area contributed by atoms with Crippen LogP contribution in [-0.2, 0) is 14.2 Å². The Morgan fingerprint density at radius 2 is 1.35 bits per heavy atom. The van der Waals surface area contributed by atoms with Gasteiger partial charge in [-0.2, -0.15) is 15.8 Å². The predicted octanol–water partition coefficient (Wildman–Crippen LogP) is 2.30. The lowest BCUT2D eigenvalue weighted by molar-refractivity contribution is 0.297. The van der Waals surface area contributed by atoms with E-state index in [1.165, 1.54) is 0 Å². The van der Waals surface area contributed by atoms with Crippen LogP contribution < -0.4 is 0 Å². The lowest BCUT2D eigenvalue weighted by atomic mass is 10.1. The van der Waals surface area contributed by atoms with Gasteiger partial charge >= 0.3 is 0 Å². The lowest BCUT2D eigenvalue weighted by Gasteiger charge is -2.05. The molecule has 104 valence electrons. The molecule has 20 heavy (non-hydrogen) atoms. The van der Waals surface area contributed by atoms with Crippen LogP contribution in [0.1, 0.15) is 13.8 Å². The van der Waals surface area contributed by atoms with Crippen LogP contribution in [0.3, 0.4) is 0 Å². The summed E-state index contributed by atoms with van der Waals surface area (Å²) < 4.78 is 14.0. The molecular formula is C14H15N3O3. The number of hydrogen-bond acceptors (Lipinski definition) is 6. The highest BCUT2D eigenvalue weighted by Gasteiger charge is 2.00. The largest absolute Gasteiger partial charge is 0.423 e. The van der Waals surface area contributed by atoms with E-state index in [9.17, 15) is 0 Å². The number of rotatable bonds is 8. The Morgan fingerprint density at radius 3 is 1.85 bits per heavy atom. The topological polar surface area (TPSA) is 99.1 Å². The quantitative estimate of drug-likeness (QED) is 0.497. The van der Waals surface area contributed by atoms with Crippen molar-refractivity contribution in [2.24, 2.45) is 0 Å². The van der Waals surface area contributed by atoms with Gasteiger partial charge in [0.05, 0.1) is 0 Å². The Morgan fingerprint density at radius 1 is 0.850 bits per heavy atom. The maximum atomic E-state index is 8.45. The first-order valence-electron chi connectivity index (χ1n) is 5.73. The summed E-state index contributed by atoms with van der Waals surface area (Å²) in [6.07, 6.45) is 10.1. The molecule has 0 aliphatic carbocycles. The van der Waals surface area contributed by atoms with Crippen molar-refractivity contribution in [1.82, 2.24) is 0 Å². The van der Waals surface area contributed by atoms with Gasteiger partial charge in [-0.1, -0.05) is 12.2 Å². The van der Waals surface area contributed by atoms with E-state index in [1.807, 2.05) is 6.92 Å². The molecule has 0 saturated heterocycles. The fourth-order valence-corrected chi connectivity index (χ4v) is 1.31. The van der Waals surface area contributed by atoms with Gasteiger partial charge in [0.25, 0.3) is 18.8 Å². The van der Waals surface area contributed by atoms with Crippen molar-refractivity contribution >= 4 is 0 Å². The smallest absolute Gasteiger partial charge is 0.286 e. The van der Waals surface area contributed by atoms with Crippen LogP contribution in [0.2, 0.25) is 0 Å². The van der Waals surface area contributed by atoms with Gasteiger partial charge < -0.3 is 14.2 Å². The number of nitriles is 3. The fraction of sp³-hybridized carbons (Fsp3) is 0.357. The van der Waals surface area contributed by atoms with E-state index in [-0.39, 0.29) is 19.8 Å². The van der Waals surface area contributed by atoms with Crippen LogP contribution in [0.4, 0.5) is 0 Å². The van der Waals surface area contributed by atoms with Gasteiger partial charge in [-0.25, -0.2) is 0 Å². The zero-order chi connectivity index (χ0) is 15.2. The molecule has 6 heteroatoms. The molecule has 0 aromatic carbocycles. The Bertz CT molecular complexity index is 513. The van der Waals surface area contributed by atoms with Crippen molar-refractivity contribution in [3.05, 3.63) is 34.9 Å². The van der Waals surface area contributed by atoms with Crippen LogP contribution >= 0.6 is 0 Å². The second kappa shape index (κ2) is 11.2. The molecule has 6 nitrogen and oxygen atoms in total. The molecule has 0 N–H and O–H groups in total. The van der Waals surface area contributed by atoms with E-state index in [0.29, 0.717) is 5.57 Å². The van der Waals surface area contributed by atoms with Crippen LogP contribution in [0, 0.1) is 34.6 Å². The number of nitrogens with zero attached hydrogens (tertiary/aromatic N) is 3. The molecule has 0 spiro atoms. The van der Waals surface area contributed by atoms with Gasteiger partial charge in [-0.05, 0) is 36.6 Å². The highest BCUT2D eigenvalue weighted by molar-refractivity contribution is 5.33. The van der Waals surface area contributed by atoms with E-state index < -0.39 is 0 Å². The predicted molar refractivity (Wildman–Crippen MR) is 70.3 cm³/mol. The Labute approximate surface area is 118 Å². The van der Waals surface area contributed by atoms with Crippen molar-refractivity contribution in [1.29, 1.82) is 15.8 Å². The molecule has 0 aliphatic heterocycles. The normalized spacial score (nSPS) is 11.8. The minimum Gasteiger partial charge on any atom is -0.423 e. The molecule has 0 saturated carbocycles. The lowest BCUT2D eigenvalue weighted by Crippen LogP contribution is -1.98. The number of ether oxygens (including phenoxy) is 3. The van der Waals surface area contributed by atoms with Crippen molar-refractivity contribution in [2.45, 2.75) is 13.8 Å². The van der Waals surface area contributed by atoms with Crippen molar-refractivity contribution in [2.75, 3.05) is 19.8 Å². The minimum absolute atomic E-state index is 0.0876. The highest BCUT2D eigenvalue weighted by atomic mass is 16.5. The van der Waals surface area contributed by atoms with E-state index in [1.54, 1.807) is 43.9 Å². The van der Waals surface area contributed by atoms with E-state index in [2.05, 4.69) is 9.47 Å². The average Bonchev–Trinajstić information content (AvgIpc) is 2.46.